The van der Waals surface area contributed by atoms with E-state index >= 15 is 0 Å². The fraction of sp³-hybridized carbons (Fsp3) is 0.640. The monoisotopic (exact) mass is 477 g/mol. The number of piperidine rings is 1. The van der Waals surface area contributed by atoms with Crippen molar-refractivity contribution >= 4 is 22.2 Å². The Labute approximate surface area is 199 Å². The van der Waals surface area contributed by atoms with Crippen LogP contribution < -0.4 is 4.72 Å². The first-order valence-electron chi connectivity index (χ1n) is 11.8. The second-order valence-corrected chi connectivity index (χ2v) is 12.2. The third-order valence-electron chi connectivity index (χ3n) is 6.24. The number of likely N-dealkylation sites (tertiary alicyclic amines) is 1. The minimum Gasteiger partial charge on any atom is -0.444 e. The van der Waals surface area contributed by atoms with Crippen LogP contribution in [0.3, 0.4) is 0 Å². The largest absolute Gasteiger partial charge is 0.444 e. The predicted molar refractivity (Wildman–Crippen MR) is 132 cm³/mol. The number of carbonyl (C=O) groups is 1. The highest BCUT2D eigenvalue weighted by atomic mass is 32.2. The van der Waals surface area contributed by atoms with Crippen LogP contribution in [0.5, 0.6) is 0 Å². The summed E-state index contributed by atoms with van der Waals surface area (Å²) in [7, 11) is -3.17. The lowest BCUT2D eigenvalue weighted by atomic mass is 10.0. The van der Waals surface area contributed by atoms with Gasteiger partial charge in [-0.25, -0.2) is 17.9 Å². The summed E-state index contributed by atoms with van der Waals surface area (Å²) < 4.78 is 30.9. The topological polar surface area (TPSA) is 79.0 Å². The zero-order chi connectivity index (χ0) is 24.2. The standard InChI is InChI=1S/C25H39N3O4S/c1-19(17-20-9-7-6-8-10-20)22-18-23(22)28(24(29)32-25(2,3)4)21-11-14-27(15-12-21)16-13-26-33(5,30)31/h6-10,17,21-23,26H,11-16,18H2,1-5H3/b19-17+/t22-,23+/m0/s1. The van der Waals surface area contributed by atoms with Crippen molar-refractivity contribution in [2.45, 2.75) is 64.6 Å². The summed E-state index contributed by atoms with van der Waals surface area (Å²) in [5.74, 6) is 0.356. The third-order valence-corrected chi connectivity index (χ3v) is 6.97. The molecule has 1 aromatic carbocycles. The Morgan fingerprint density at radius 2 is 1.85 bits per heavy atom. The number of sulfonamides is 1. The smallest absolute Gasteiger partial charge is 0.410 e. The van der Waals surface area contributed by atoms with Gasteiger partial charge < -0.3 is 14.5 Å². The van der Waals surface area contributed by atoms with Crippen LogP contribution in [0.2, 0.25) is 0 Å². The summed E-state index contributed by atoms with van der Waals surface area (Å²) in [5, 5.41) is 0. The molecular weight excluding hydrogens is 438 g/mol. The van der Waals surface area contributed by atoms with E-state index in [1.165, 1.54) is 17.4 Å². The van der Waals surface area contributed by atoms with Crippen molar-refractivity contribution in [3.63, 3.8) is 0 Å². The maximum absolute atomic E-state index is 13.2. The van der Waals surface area contributed by atoms with E-state index in [4.69, 9.17) is 4.74 Å². The van der Waals surface area contributed by atoms with Crippen LogP contribution in [-0.4, -0.2) is 74.4 Å². The van der Waals surface area contributed by atoms with E-state index in [2.05, 4.69) is 34.8 Å². The van der Waals surface area contributed by atoms with Gasteiger partial charge in [0, 0.05) is 44.2 Å². The Morgan fingerprint density at radius 3 is 2.42 bits per heavy atom. The zero-order valence-electron chi connectivity index (χ0n) is 20.6. The predicted octanol–water partition coefficient (Wildman–Crippen LogP) is 3.73. The van der Waals surface area contributed by atoms with E-state index in [0.29, 0.717) is 19.0 Å². The van der Waals surface area contributed by atoms with Crippen molar-refractivity contribution in [2.24, 2.45) is 5.92 Å². The van der Waals surface area contributed by atoms with Crippen LogP contribution in [0.4, 0.5) is 4.79 Å². The van der Waals surface area contributed by atoms with E-state index in [0.717, 1.165) is 32.4 Å². The molecule has 1 amide bonds. The molecule has 3 rings (SSSR count). The Morgan fingerprint density at radius 1 is 1.21 bits per heavy atom. The minimum atomic E-state index is -3.17. The Hall–Kier alpha value is -1.90. The second kappa shape index (κ2) is 10.6. The molecule has 1 N–H and O–H groups in total. The van der Waals surface area contributed by atoms with Gasteiger partial charge in [0.15, 0.2) is 0 Å². The quantitative estimate of drug-likeness (QED) is 0.617. The summed E-state index contributed by atoms with van der Waals surface area (Å²) in [4.78, 5) is 17.5. The number of nitrogens with one attached hydrogen (secondary N) is 1. The van der Waals surface area contributed by atoms with Gasteiger partial charge >= 0.3 is 6.09 Å². The summed E-state index contributed by atoms with van der Waals surface area (Å²) in [6.45, 7) is 10.6. The molecule has 0 spiro atoms. The second-order valence-electron chi connectivity index (χ2n) is 10.3. The lowest BCUT2D eigenvalue weighted by Gasteiger charge is -2.39. The molecule has 184 valence electrons. The highest BCUT2D eigenvalue weighted by Gasteiger charge is 2.48. The first-order chi connectivity index (χ1) is 15.4. The van der Waals surface area contributed by atoms with Gasteiger partial charge in [-0.2, -0.15) is 0 Å². The maximum Gasteiger partial charge on any atom is 0.410 e. The van der Waals surface area contributed by atoms with Crippen LogP contribution in [0.15, 0.2) is 35.9 Å². The maximum atomic E-state index is 13.2. The van der Waals surface area contributed by atoms with Crippen LogP contribution in [0.25, 0.3) is 6.08 Å². The number of benzene rings is 1. The Bertz CT molecular complexity index is 932. The molecule has 0 aromatic heterocycles. The molecule has 33 heavy (non-hydrogen) atoms. The number of hydrogen-bond acceptors (Lipinski definition) is 5. The SMILES string of the molecule is C/C(=C\c1ccccc1)[C@@H]1C[C@H]1N(C(=O)OC(C)(C)C)C1CCN(CCNS(C)(=O)=O)CC1. The van der Waals surface area contributed by atoms with Crippen molar-refractivity contribution in [3.05, 3.63) is 41.5 Å². The first-order valence-corrected chi connectivity index (χ1v) is 13.7. The first kappa shape index (κ1) is 25.7. The highest BCUT2D eigenvalue weighted by Crippen LogP contribution is 2.44. The van der Waals surface area contributed by atoms with Gasteiger partial charge in [0.2, 0.25) is 10.0 Å². The van der Waals surface area contributed by atoms with Crippen LogP contribution in [0, 0.1) is 5.92 Å². The number of ether oxygens (including phenoxy) is 1. The molecule has 1 aliphatic carbocycles. The van der Waals surface area contributed by atoms with Crippen LogP contribution in [0.1, 0.15) is 52.5 Å². The molecule has 8 heteroatoms. The van der Waals surface area contributed by atoms with E-state index in [9.17, 15) is 13.2 Å². The van der Waals surface area contributed by atoms with E-state index in [1.807, 2.05) is 43.9 Å². The number of rotatable bonds is 8. The summed E-state index contributed by atoms with van der Waals surface area (Å²) >= 11 is 0. The molecule has 1 heterocycles. The third kappa shape index (κ3) is 8.12. The van der Waals surface area contributed by atoms with Crippen molar-refractivity contribution in [2.75, 3.05) is 32.4 Å². The minimum absolute atomic E-state index is 0.137. The van der Waals surface area contributed by atoms with Gasteiger partial charge in [0.1, 0.15) is 5.60 Å². The van der Waals surface area contributed by atoms with Gasteiger partial charge in [-0.3, -0.25) is 0 Å². The van der Waals surface area contributed by atoms with Gasteiger partial charge in [-0.05, 0) is 52.5 Å². The van der Waals surface area contributed by atoms with Gasteiger partial charge in [0.05, 0.1) is 6.26 Å². The van der Waals surface area contributed by atoms with Crippen LogP contribution in [-0.2, 0) is 14.8 Å². The fourth-order valence-electron chi connectivity index (χ4n) is 4.58. The molecule has 1 saturated carbocycles. The van der Waals surface area contributed by atoms with E-state index < -0.39 is 15.6 Å². The molecule has 0 bridgehead atoms. The molecule has 1 aliphatic heterocycles. The van der Waals surface area contributed by atoms with Gasteiger partial charge in [-0.1, -0.05) is 42.0 Å². The molecule has 0 radical (unpaired) electrons. The molecule has 7 nitrogen and oxygen atoms in total. The zero-order valence-corrected chi connectivity index (χ0v) is 21.4. The lowest BCUT2D eigenvalue weighted by molar-refractivity contribution is 0.00497. The van der Waals surface area contributed by atoms with Crippen molar-refractivity contribution in [3.8, 4) is 0 Å². The molecule has 0 unspecified atom stereocenters. The van der Waals surface area contributed by atoms with Gasteiger partial charge in [-0.15, -0.1) is 0 Å². The summed E-state index contributed by atoms with van der Waals surface area (Å²) in [6, 6.07) is 10.6. The van der Waals surface area contributed by atoms with Crippen molar-refractivity contribution in [1.29, 1.82) is 0 Å². The van der Waals surface area contributed by atoms with Gasteiger partial charge in [0.25, 0.3) is 0 Å². The molecular formula is C25H39N3O4S. The molecule has 2 atom stereocenters. The Balaban J connectivity index is 1.64. The summed E-state index contributed by atoms with van der Waals surface area (Å²) in [5.41, 5.74) is 1.94. The lowest BCUT2D eigenvalue weighted by Crippen LogP contribution is -2.51. The summed E-state index contributed by atoms with van der Waals surface area (Å²) in [6.07, 6.45) is 5.87. The van der Waals surface area contributed by atoms with E-state index in [1.54, 1.807) is 0 Å². The Kier molecular flexibility index (Phi) is 8.24. The number of carbonyl (C=O) groups excluding carboxylic acids is 1. The number of amides is 1. The number of hydrogen-bond donors (Lipinski definition) is 1. The molecule has 1 aromatic rings. The number of nitrogens with zero attached hydrogens (tertiary/aromatic N) is 2. The fourth-order valence-corrected chi connectivity index (χ4v) is 5.04. The molecule has 2 aliphatic rings. The van der Waals surface area contributed by atoms with Crippen molar-refractivity contribution < 1.29 is 17.9 Å². The average Bonchev–Trinajstić information content (AvgIpc) is 3.48. The molecule has 1 saturated heterocycles. The van der Waals surface area contributed by atoms with Crippen LogP contribution >= 0.6 is 0 Å². The average molecular weight is 478 g/mol. The normalized spacial score (nSPS) is 22.8. The van der Waals surface area contributed by atoms with E-state index in [-0.39, 0.29) is 18.2 Å². The highest BCUT2D eigenvalue weighted by molar-refractivity contribution is 7.88. The van der Waals surface area contributed by atoms with Crippen molar-refractivity contribution in [1.82, 2.24) is 14.5 Å². The molecule has 2 fully saturated rings.